The van der Waals surface area contributed by atoms with Crippen molar-refractivity contribution in [2.45, 2.75) is 13.0 Å². The van der Waals surface area contributed by atoms with Crippen molar-refractivity contribution in [2.75, 3.05) is 0 Å². The lowest BCUT2D eigenvalue weighted by molar-refractivity contribution is -0.127. The maximum atomic E-state index is 11.1. The van der Waals surface area contributed by atoms with Crippen molar-refractivity contribution in [3.8, 4) is 5.75 Å². The summed E-state index contributed by atoms with van der Waals surface area (Å²) in [7, 11) is 0. The fourth-order valence-electron chi connectivity index (χ4n) is 0.932. The number of ether oxygens (including phenoxy) is 1. The van der Waals surface area contributed by atoms with Crippen LogP contribution in [-0.2, 0) is 4.79 Å². The van der Waals surface area contributed by atoms with Gasteiger partial charge in [0.15, 0.2) is 6.10 Å². The molecule has 1 atom stereocenters. The molecular weight excluding hydrogens is 283 g/mol. The summed E-state index contributed by atoms with van der Waals surface area (Å²) in [6.45, 7) is 1.58. The lowest BCUT2D eigenvalue weighted by Gasteiger charge is -2.13. The zero-order valence-corrected chi connectivity index (χ0v) is 10.3. The van der Waals surface area contributed by atoms with E-state index in [-0.39, 0.29) is 0 Å². The second-order valence-corrected chi connectivity index (χ2v) is 4.17. The Morgan fingerprint density at radius 1 is 1.67 bits per heavy atom. The molecule has 6 heteroatoms. The van der Waals surface area contributed by atoms with Crippen LogP contribution in [0.3, 0.4) is 0 Å². The van der Waals surface area contributed by atoms with Crippen molar-refractivity contribution in [1.82, 2.24) is 5.43 Å². The van der Waals surface area contributed by atoms with E-state index in [1.165, 1.54) is 0 Å². The van der Waals surface area contributed by atoms with Gasteiger partial charge >= 0.3 is 0 Å². The van der Waals surface area contributed by atoms with Gasteiger partial charge in [0.1, 0.15) is 5.75 Å². The van der Waals surface area contributed by atoms with Gasteiger partial charge in [0.05, 0.1) is 5.02 Å². The summed E-state index contributed by atoms with van der Waals surface area (Å²) in [5, 5.41) is 0.432. The van der Waals surface area contributed by atoms with Crippen LogP contribution in [0.25, 0.3) is 0 Å². The first-order chi connectivity index (χ1) is 7.04. The van der Waals surface area contributed by atoms with Gasteiger partial charge in [-0.1, -0.05) is 27.5 Å². The molecule has 0 aliphatic heterocycles. The molecule has 0 fully saturated rings. The van der Waals surface area contributed by atoms with Gasteiger partial charge < -0.3 is 4.74 Å². The molecule has 0 aliphatic rings. The van der Waals surface area contributed by atoms with Crippen molar-refractivity contribution < 1.29 is 9.53 Å². The summed E-state index contributed by atoms with van der Waals surface area (Å²) in [6.07, 6.45) is -0.686. The largest absolute Gasteiger partial charge is 0.479 e. The number of hydrogen-bond acceptors (Lipinski definition) is 3. The van der Waals surface area contributed by atoms with Gasteiger partial charge in [-0.2, -0.15) is 0 Å². The number of hydrazine groups is 1. The van der Waals surface area contributed by atoms with Crippen LogP contribution in [0.1, 0.15) is 6.92 Å². The van der Waals surface area contributed by atoms with Gasteiger partial charge in [-0.05, 0) is 25.1 Å². The van der Waals surface area contributed by atoms with E-state index >= 15 is 0 Å². The van der Waals surface area contributed by atoms with Gasteiger partial charge in [0.2, 0.25) is 0 Å². The number of carbonyl (C=O) groups is 1. The Kier molecular flexibility index (Phi) is 4.38. The summed E-state index contributed by atoms with van der Waals surface area (Å²) in [5.41, 5.74) is 2.00. The highest BCUT2D eigenvalue weighted by atomic mass is 79.9. The highest BCUT2D eigenvalue weighted by Gasteiger charge is 2.14. The fourth-order valence-corrected chi connectivity index (χ4v) is 1.65. The molecule has 0 heterocycles. The van der Waals surface area contributed by atoms with Crippen molar-refractivity contribution in [2.24, 2.45) is 5.84 Å². The van der Waals surface area contributed by atoms with Crippen molar-refractivity contribution in [3.05, 3.63) is 27.7 Å². The molecule has 0 saturated carbocycles. The number of rotatable bonds is 3. The van der Waals surface area contributed by atoms with E-state index in [0.717, 1.165) is 4.47 Å². The third kappa shape index (κ3) is 3.37. The molecule has 1 unspecified atom stereocenters. The molecular formula is C9H10BrClN2O2. The molecule has 1 aromatic rings. The first-order valence-corrected chi connectivity index (χ1v) is 5.34. The Labute approximate surface area is 101 Å². The Hall–Kier alpha value is -0.780. The zero-order valence-electron chi connectivity index (χ0n) is 7.96. The van der Waals surface area contributed by atoms with E-state index in [2.05, 4.69) is 15.9 Å². The normalized spacial score (nSPS) is 12.0. The smallest absolute Gasteiger partial charge is 0.274 e. The number of nitrogens with two attached hydrogens (primary N) is 1. The average molecular weight is 294 g/mol. The maximum absolute atomic E-state index is 11.1. The molecule has 82 valence electrons. The molecule has 0 spiro atoms. The summed E-state index contributed by atoms with van der Waals surface area (Å²) < 4.78 is 6.15. The minimum Gasteiger partial charge on any atom is -0.479 e. The molecule has 1 amide bonds. The first kappa shape index (κ1) is 12.3. The first-order valence-electron chi connectivity index (χ1n) is 4.16. The summed E-state index contributed by atoms with van der Waals surface area (Å²) in [4.78, 5) is 11.1. The highest BCUT2D eigenvalue weighted by Crippen LogP contribution is 2.28. The minimum absolute atomic E-state index is 0.408. The van der Waals surface area contributed by atoms with E-state index in [0.29, 0.717) is 10.8 Å². The van der Waals surface area contributed by atoms with Gasteiger partial charge in [-0.15, -0.1) is 0 Å². The number of nitrogens with one attached hydrogen (secondary N) is 1. The zero-order chi connectivity index (χ0) is 11.4. The highest BCUT2D eigenvalue weighted by molar-refractivity contribution is 9.10. The van der Waals surface area contributed by atoms with Crippen LogP contribution < -0.4 is 16.0 Å². The number of halogens is 2. The maximum Gasteiger partial charge on any atom is 0.274 e. The van der Waals surface area contributed by atoms with Gasteiger partial charge in [-0.25, -0.2) is 5.84 Å². The lowest BCUT2D eigenvalue weighted by Crippen LogP contribution is -2.40. The molecule has 0 bridgehead atoms. The quantitative estimate of drug-likeness (QED) is 0.508. The van der Waals surface area contributed by atoms with Crippen LogP contribution in [-0.4, -0.2) is 12.0 Å². The molecule has 0 radical (unpaired) electrons. The Balaban J connectivity index is 2.76. The second-order valence-electron chi connectivity index (χ2n) is 2.84. The van der Waals surface area contributed by atoms with Gasteiger partial charge in [-0.3, -0.25) is 10.2 Å². The molecule has 0 aromatic heterocycles. The van der Waals surface area contributed by atoms with Crippen molar-refractivity contribution in [1.29, 1.82) is 0 Å². The SMILES string of the molecule is CC(Oc1ccc(Br)cc1Cl)C(=O)NN. The van der Waals surface area contributed by atoms with Gasteiger partial charge in [0.25, 0.3) is 5.91 Å². The van der Waals surface area contributed by atoms with Crippen molar-refractivity contribution in [3.63, 3.8) is 0 Å². The predicted octanol–water partition coefficient (Wildman–Crippen LogP) is 1.86. The standard InChI is InChI=1S/C9H10BrClN2O2/c1-5(9(14)13-12)15-8-3-2-6(10)4-7(8)11/h2-5H,12H2,1H3,(H,13,14). The monoisotopic (exact) mass is 292 g/mol. The van der Waals surface area contributed by atoms with E-state index < -0.39 is 12.0 Å². The van der Waals surface area contributed by atoms with Crippen LogP contribution >= 0.6 is 27.5 Å². The summed E-state index contributed by atoms with van der Waals surface area (Å²) in [5.74, 6) is 5.00. The van der Waals surface area contributed by atoms with Crippen LogP contribution in [0.15, 0.2) is 22.7 Å². The molecule has 0 saturated heterocycles. The van der Waals surface area contributed by atoms with E-state index in [4.69, 9.17) is 22.2 Å². The Morgan fingerprint density at radius 3 is 2.87 bits per heavy atom. The third-order valence-electron chi connectivity index (χ3n) is 1.71. The average Bonchev–Trinajstić information content (AvgIpc) is 2.20. The number of hydrogen-bond donors (Lipinski definition) is 2. The fraction of sp³-hybridized carbons (Fsp3) is 0.222. The molecule has 1 aromatic carbocycles. The summed E-state index contributed by atoms with van der Waals surface area (Å²) >= 11 is 9.17. The number of amides is 1. The van der Waals surface area contributed by atoms with Crippen molar-refractivity contribution >= 4 is 33.4 Å². The van der Waals surface area contributed by atoms with Crippen LogP contribution in [0.4, 0.5) is 0 Å². The van der Waals surface area contributed by atoms with Gasteiger partial charge in [0, 0.05) is 4.47 Å². The molecule has 3 N–H and O–H groups in total. The molecule has 4 nitrogen and oxygen atoms in total. The number of benzene rings is 1. The molecule has 0 aliphatic carbocycles. The predicted molar refractivity (Wildman–Crippen MR) is 61.6 cm³/mol. The van der Waals surface area contributed by atoms with Crippen LogP contribution in [0, 0.1) is 0 Å². The van der Waals surface area contributed by atoms with E-state index in [1.54, 1.807) is 25.1 Å². The topological polar surface area (TPSA) is 64.3 Å². The van der Waals surface area contributed by atoms with Crippen LogP contribution in [0.2, 0.25) is 5.02 Å². The lowest BCUT2D eigenvalue weighted by atomic mass is 10.3. The number of carbonyl (C=O) groups excluding carboxylic acids is 1. The minimum atomic E-state index is -0.686. The third-order valence-corrected chi connectivity index (χ3v) is 2.50. The molecule has 15 heavy (non-hydrogen) atoms. The Morgan fingerprint density at radius 2 is 2.33 bits per heavy atom. The molecule has 1 rings (SSSR count). The van der Waals surface area contributed by atoms with Crippen LogP contribution in [0.5, 0.6) is 5.75 Å². The Bertz CT molecular complexity index is 373. The second kappa shape index (κ2) is 5.34. The van der Waals surface area contributed by atoms with E-state index in [1.807, 2.05) is 5.43 Å². The van der Waals surface area contributed by atoms with E-state index in [9.17, 15) is 4.79 Å². The summed E-state index contributed by atoms with van der Waals surface area (Å²) in [6, 6.07) is 5.13.